The van der Waals surface area contributed by atoms with Gasteiger partial charge in [-0.2, -0.15) is 0 Å². The zero-order valence-electron chi connectivity index (χ0n) is 14.5. The van der Waals surface area contributed by atoms with Gasteiger partial charge < -0.3 is 0 Å². The number of hydrogen-bond acceptors (Lipinski definition) is 0. The van der Waals surface area contributed by atoms with Crippen LogP contribution in [0.4, 0.5) is 0 Å². The molecule has 0 N–H and O–H groups in total. The van der Waals surface area contributed by atoms with Gasteiger partial charge in [0.1, 0.15) is 0 Å². The topological polar surface area (TPSA) is 0 Å². The molecule has 0 aliphatic carbocycles. The van der Waals surface area contributed by atoms with Gasteiger partial charge in [-0.25, -0.2) is 0 Å². The van der Waals surface area contributed by atoms with Crippen molar-refractivity contribution in [2.24, 2.45) is 17.8 Å². The zero-order chi connectivity index (χ0) is 14.5. The smallest absolute Gasteiger partial charge is 0.0414 e. The molecule has 0 spiro atoms. The average Bonchev–Trinajstić information content (AvgIpc) is 2.37. The van der Waals surface area contributed by atoms with Crippen LogP contribution in [0.5, 0.6) is 0 Å². The van der Waals surface area contributed by atoms with E-state index in [1.165, 1.54) is 70.6 Å². The summed E-state index contributed by atoms with van der Waals surface area (Å²) in [4.78, 5) is 0. The second-order valence-electron chi connectivity index (χ2n) is 7.13. The monoisotopic (exact) mass is 268 g/mol. The van der Waals surface area contributed by atoms with Gasteiger partial charge in [0, 0.05) is 0 Å². The summed E-state index contributed by atoms with van der Waals surface area (Å²) >= 11 is 0. The lowest BCUT2D eigenvalue weighted by atomic mass is 9.89. The predicted molar refractivity (Wildman–Crippen MR) is 89.6 cm³/mol. The fourth-order valence-electron chi connectivity index (χ4n) is 2.96. The van der Waals surface area contributed by atoms with Crippen LogP contribution in [0.25, 0.3) is 0 Å². The molecule has 0 saturated carbocycles. The van der Waals surface area contributed by atoms with Crippen molar-refractivity contribution in [3.8, 4) is 0 Å². The zero-order valence-corrected chi connectivity index (χ0v) is 14.5. The molecule has 0 rings (SSSR count). The van der Waals surface area contributed by atoms with Crippen molar-refractivity contribution in [2.45, 2.75) is 105 Å². The first-order valence-corrected chi connectivity index (χ1v) is 9.10. The molecule has 2 atom stereocenters. The molecule has 0 bridgehead atoms. The summed E-state index contributed by atoms with van der Waals surface area (Å²) in [6, 6.07) is 0. The van der Waals surface area contributed by atoms with Crippen LogP contribution in [-0.4, -0.2) is 0 Å². The summed E-state index contributed by atoms with van der Waals surface area (Å²) in [5.74, 6) is 2.85. The molecule has 2 unspecified atom stereocenters. The standard InChI is InChI=1S/C19H40/c1-6-12-19(16-11-14-18(5)7-2)15-10-8-9-13-17(3)4/h17-19H,6-16H2,1-5H3. The minimum atomic E-state index is 0.891. The van der Waals surface area contributed by atoms with Gasteiger partial charge >= 0.3 is 0 Å². The molecule has 0 aromatic carbocycles. The van der Waals surface area contributed by atoms with E-state index in [0.29, 0.717) is 0 Å². The van der Waals surface area contributed by atoms with E-state index in [1.807, 2.05) is 0 Å². The molecule has 0 saturated heterocycles. The molecular weight excluding hydrogens is 228 g/mol. The van der Waals surface area contributed by atoms with Crippen molar-refractivity contribution < 1.29 is 0 Å². The third-order valence-corrected chi connectivity index (χ3v) is 4.60. The van der Waals surface area contributed by atoms with Gasteiger partial charge in [0.2, 0.25) is 0 Å². The summed E-state index contributed by atoms with van der Waals surface area (Å²) < 4.78 is 0. The van der Waals surface area contributed by atoms with Gasteiger partial charge in [0.05, 0.1) is 0 Å². The second kappa shape index (κ2) is 13.0. The molecule has 116 valence electrons. The average molecular weight is 269 g/mol. The van der Waals surface area contributed by atoms with E-state index in [0.717, 1.165) is 17.8 Å². The Morgan fingerprint density at radius 1 is 0.632 bits per heavy atom. The first-order chi connectivity index (χ1) is 9.10. The van der Waals surface area contributed by atoms with E-state index in [4.69, 9.17) is 0 Å². The summed E-state index contributed by atoms with van der Waals surface area (Å²) in [7, 11) is 0. The molecule has 0 radical (unpaired) electrons. The lowest BCUT2D eigenvalue weighted by Crippen LogP contribution is -2.02. The van der Waals surface area contributed by atoms with Crippen molar-refractivity contribution >= 4 is 0 Å². The van der Waals surface area contributed by atoms with Gasteiger partial charge in [-0.05, 0) is 17.8 Å². The largest absolute Gasteiger partial charge is 0.0654 e. The summed E-state index contributed by atoms with van der Waals surface area (Å²) in [6.07, 6.45) is 15.9. The fourth-order valence-corrected chi connectivity index (χ4v) is 2.96. The van der Waals surface area contributed by atoms with E-state index in [2.05, 4.69) is 34.6 Å². The Kier molecular flexibility index (Phi) is 13.0. The van der Waals surface area contributed by atoms with Crippen LogP contribution >= 0.6 is 0 Å². The molecule has 0 fully saturated rings. The highest BCUT2D eigenvalue weighted by atomic mass is 14.1. The molecule has 0 aliphatic heterocycles. The third kappa shape index (κ3) is 12.8. The highest BCUT2D eigenvalue weighted by Gasteiger charge is 2.08. The minimum absolute atomic E-state index is 0.891. The maximum Gasteiger partial charge on any atom is -0.0414 e. The maximum atomic E-state index is 2.40. The van der Waals surface area contributed by atoms with Crippen LogP contribution in [0, 0.1) is 17.8 Å². The quantitative estimate of drug-likeness (QED) is 0.309. The van der Waals surface area contributed by atoms with Crippen LogP contribution in [0.2, 0.25) is 0 Å². The maximum absolute atomic E-state index is 2.40. The van der Waals surface area contributed by atoms with Crippen LogP contribution in [0.15, 0.2) is 0 Å². The van der Waals surface area contributed by atoms with Crippen LogP contribution in [0.1, 0.15) is 105 Å². The summed E-state index contributed by atoms with van der Waals surface area (Å²) in [6.45, 7) is 11.8. The fraction of sp³-hybridized carbons (Fsp3) is 1.00. The van der Waals surface area contributed by atoms with Crippen molar-refractivity contribution in [1.82, 2.24) is 0 Å². The molecule has 0 nitrogen and oxygen atoms in total. The van der Waals surface area contributed by atoms with Gasteiger partial charge in [-0.3, -0.25) is 0 Å². The van der Waals surface area contributed by atoms with E-state index in [9.17, 15) is 0 Å². The van der Waals surface area contributed by atoms with Crippen molar-refractivity contribution in [1.29, 1.82) is 0 Å². The molecule has 19 heavy (non-hydrogen) atoms. The van der Waals surface area contributed by atoms with E-state index in [-0.39, 0.29) is 0 Å². The molecule has 0 aliphatic rings. The van der Waals surface area contributed by atoms with Crippen LogP contribution < -0.4 is 0 Å². The lowest BCUT2D eigenvalue weighted by Gasteiger charge is -2.17. The first kappa shape index (κ1) is 19.0. The number of hydrogen-bond donors (Lipinski definition) is 0. The van der Waals surface area contributed by atoms with Gasteiger partial charge in [0.15, 0.2) is 0 Å². The lowest BCUT2D eigenvalue weighted by molar-refractivity contribution is 0.361. The van der Waals surface area contributed by atoms with E-state index < -0.39 is 0 Å². The van der Waals surface area contributed by atoms with E-state index >= 15 is 0 Å². The Labute approximate surface area is 123 Å². The van der Waals surface area contributed by atoms with Gasteiger partial charge in [-0.15, -0.1) is 0 Å². The number of rotatable bonds is 13. The van der Waals surface area contributed by atoms with Crippen LogP contribution in [-0.2, 0) is 0 Å². The molecular formula is C19H40. The molecule has 0 amide bonds. The molecule has 0 aromatic rings. The summed E-state index contributed by atoms with van der Waals surface area (Å²) in [5, 5.41) is 0. The van der Waals surface area contributed by atoms with Crippen molar-refractivity contribution in [3.05, 3.63) is 0 Å². The highest BCUT2D eigenvalue weighted by Crippen LogP contribution is 2.24. The Morgan fingerprint density at radius 3 is 1.84 bits per heavy atom. The Bertz CT molecular complexity index is 171. The normalized spacial score (nSPS) is 14.8. The highest BCUT2D eigenvalue weighted by molar-refractivity contribution is 4.62. The number of unbranched alkanes of at least 4 members (excludes halogenated alkanes) is 2. The minimum Gasteiger partial charge on any atom is -0.0654 e. The summed E-state index contributed by atoms with van der Waals surface area (Å²) in [5.41, 5.74) is 0. The first-order valence-electron chi connectivity index (χ1n) is 9.10. The second-order valence-corrected chi connectivity index (χ2v) is 7.13. The van der Waals surface area contributed by atoms with Gasteiger partial charge in [0.25, 0.3) is 0 Å². The third-order valence-electron chi connectivity index (χ3n) is 4.60. The Balaban J connectivity index is 3.61. The van der Waals surface area contributed by atoms with Gasteiger partial charge in [-0.1, -0.05) is 105 Å². The van der Waals surface area contributed by atoms with Crippen molar-refractivity contribution in [2.75, 3.05) is 0 Å². The van der Waals surface area contributed by atoms with Crippen molar-refractivity contribution in [3.63, 3.8) is 0 Å². The predicted octanol–water partition coefficient (Wildman–Crippen LogP) is 7.23. The molecule has 0 heteroatoms. The molecule has 0 heterocycles. The molecule has 0 aromatic heterocycles. The SMILES string of the molecule is CCCC(CCCCCC(C)C)CCCC(C)CC. The van der Waals surface area contributed by atoms with Crippen LogP contribution in [0.3, 0.4) is 0 Å². The van der Waals surface area contributed by atoms with E-state index in [1.54, 1.807) is 0 Å². The Morgan fingerprint density at radius 2 is 1.26 bits per heavy atom. The Hall–Kier alpha value is 0.